The van der Waals surface area contributed by atoms with Crippen LogP contribution in [0.3, 0.4) is 0 Å². The molecule has 0 saturated heterocycles. The average Bonchev–Trinajstić information content (AvgIpc) is 3.15. The van der Waals surface area contributed by atoms with E-state index in [1.807, 2.05) is 6.92 Å². The highest BCUT2D eigenvalue weighted by Gasteiger charge is 2.30. The van der Waals surface area contributed by atoms with Gasteiger partial charge in [-0.1, -0.05) is 35.5 Å². The molecule has 1 unspecified atom stereocenters. The van der Waals surface area contributed by atoms with E-state index in [2.05, 4.69) is 14.9 Å². The third-order valence-electron chi connectivity index (χ3n) is 4.55. The van der Waals surface area contributed by atoms with Crippen LogP contribution in [0.25, 0.3) is 0 Å². The molecule has 0 aliphatic rings. The van der Waals surface area contributed by atoms with Crippen LogP contribution in [0.4, 0.5) is 13.2 Å². The van der Waals surface area contributed by atoms with E-state index < -0.39 is 27.8 Å². The number of hydrogen-bond acceptors (Lipinski definition) is 5. The van der Waals surface area contributed by atoms with Crippen LogP contribution in [0, 0.1) is 0 Å². The number of benzene rings is 2. The van der Waals surface area contributed by atoms with Gasteiger partial charge in [0.25, 0.3) is 0 Å². The molecule has 0 aliphatic carbocycles. The van der Waals surface area contributed by atoms with Crippen LogP contribution in [-0.4, -0.2) is 23.2 Å². The van der Waals surface area contributed by atoms with Crippen molar-refractivity contribution in [1.29, 1.82) is 0 Å². The largest absolute Gasteiger partial charge is 0.416 e. The summed E-state index contributed by atoms with van der Waals surface area (Å²) in [4.78, 5) is 0.0771. The second kappa shape index (κ2) is 9.82. The van der Waals surface area contributed by atoms with Gasteiger partial charge in [0.2, 0.25) is 10.0 Å². The van der Waals surface area contributed by atoms with E-state index in [0.29, 0.717) is 33.9 Å². The first-order chi connectivity index (χ1) is 15.0. The van der Waals surface area contributed by atoms with Gasteiger partial charge in [0, 0.05) is 17.3 Å². The van der Waals surface area contributed by atoms with Gasteiger partial charge in [0.15, 0.2) is 11.0 Å². The highest BCUT2D eigenvalue weighted by atomic mass is 35.5. The number of hydrogen-bond donors (Lipinski definition) is 1. The first-order valence-corrected chi connectivity index (χ1v) is 12.4. The van der Waals surface area contributed by atoms with E-state index in [4.69, 9.17) is 11.6 Å². The zero-order valence-corrected chi connectivity index (χ0v) is 19.5. The Balaban J connectivity index is 1.72. The Morgan fingerprint density at radius 2 is 1.72 bits per heavy atom. The van der Waals surface area contributed by atoms with E-state index in [0.717, 1.165) is 12.1 Å². The summed E-state index contributed by atoms with van der Waals surface area (Å²) in [6.45, 7) is 4.02. The Hall–Kier alpha value is -2.08. The third-order valence-corrected chi connectivity index (χ3v) is 7.40. The van der Waals surface area contributed by atoms with Crippen LogP contribution in [-0.2, 0) is 28.5 Å². The lowest BCUT2D eigenvalue weighted by Crippen LogP contribution is -2.29. The van der Waals surface area contributed by atoms with E-state index in [-0.39, 0.29) is 4.90 Å². The summed E-state index contributed by atoms with van der Waals surface area (Å²) in [6.07, 6.45) is -4.38. The molecule has 3 aromatic rings. The van der Waals surface area contributed by atoms with Gasteiger partial charge in [0.1, 0.15) is 0 Å². The molecule has 1 aromatic heterocycles. The first-order valence-electron chi connectivity index (χ1n) is 9.51. The molecular formula is C20H20ClF3N4O2S2. The molecule has 0 bridgehead atoms. The van der Waals surface area contributed by atoms with Gasteiger partial charge in [-0.3, -0.25) is 0 Å². The number of halogens is 4. The molecule has 0 radical (unpaired) electrons. The van der Waals surface area contributed by atoms with Crippen molar-refractivity contribution in [2.24, 2.45) is 0 Å². The Labute approximate surface area is 193 Å². The normalized spacial score (nSPS) is 13.3. The standard InChI is InChI=1S/C20H20ClF3N4O2S2/c1-3-28-18(13(2)27-32(29,30)17-10-8-16(21)9-11-17)25-26-19(28)31-12-14-4-6-15(7-5-14)20(22,23)24/h4-11,13,27H,3,12H2,1-2H3. The second-order valence-corrected chi connectivity index (χ2v) is 9.96. The molecule has 1 heterocycles. The van der Waals surface area contributed by atoms with Crippen LogP contribution in [0.2, 0.25) is 5.02 Å². The lowest BCUT2D eigenvalue weighted by molar-refractivity contribution is -0.137. The summed E-state index contributed by atoms with van der Waals surface area (Å²) in [5.41, 5.74) is -0.00116. The highest BCUT2D eigenvalue weighted by Crippen LogP contribution is 2.30. The maximum absolute atomic E-state index is 12.7. The van der Waals surface area contributed by atoms with Crippen molar-refractivity contribution >= 4 is 33.4 Å². The number of thioether (sulfide) groups is 1. The number of rotatable bonds is 8. The summed E-state index contributed by atoms with van der Waals surface area (Å²) in [6, 6.07) is 10.1. The lowest BCUT2D eigenvalue weighted by atomic mass is 10.1. The molecule has 172 valence electrons. The van der Waals surface area contributed by atoms with Crippen LogP contribution in [0.1, 0.15) is 36.8 Å². The molecule has 32 heavy (non-hydrogen) atoms. The van der Waals surface area contributed by atoms with E-state index >= 15 is 0 Å². The summed E-state index contributed by atoms with van der Waals surface area (Å²) < 4.78 is 67.8. The molecule has 6 nitrogen and oxygen atoms in total. The Morgan fingerprint density at radius 3 is 2.28 bits per heavy atom. The van der Waals surface area contributed by atoms with Crippen molar-refractivity contribution in [1.82, 2.24) is 19.5 Å². The molecule has 1 atom stereocenters. The summed E-state index contributed by atoms with van der Waals surface area (Å²) >= 11 is 7.13. The summed E-state index contributed by atoms with van der Waals surface area (Å²) in [7, 11) is -3.80. The minimum Gasteiger partial charge on any atom is -0.305 e. The summed E-state index contributed by atoms with van der Waals surface area (Å²) in [5, 5.41) is 9.24. The molecule has 2 aromatic carbocycles. The molecule has 1 N–H and O–H groups in total. The molecule has 0 saturated carbocycles. The Kier molecular flexibility index (Phi) is 7.53. The fourth-order valence-corrected chi connectivity index (χ4v) is 5.22. The van der Waals surface area contributed by atoms with Crippen LogP contribution >= 0.6 is 23.4 Å². The van der Waals surface area contributed by atoms with Crippen LogP contribution < -0.4 is 4.72 Å². The first kappa shape index (κ1) is 24.6. The molecule has 0 spiro atoms. The number of alkyl halides is 3. The van der Waals surface area contributed by atoms with Crippen molar-refractivity contribution in [3.63, 3.8) is 0 Å². The summed E-state index contributed by atoms with van der Waals surface area (Å²) in [5.74, 6) is 0.821. The maximum Gasteiger partial charge on any atom is 0.416 e. The molecular weight excluding hydrogens is 485 g/mol. The molecule has 12 heteroatoms. The van der Waals surface area contributed by atoms with Gasteiger partial charge in [-0.15, -0.1) is 10.2 Å². The van der Waals surface area contributed by atoms with Crippen molar-refractivity contribution in [2.75, 3.05) is 0 Å². The van der Waals surface area contributed by atoms with Crippen molar-refractivity contribution in [2.45, 2.75) is 48.4 Å². The van der Waals surface area contributed by atoms with E-state index in [1.54, 1.807) is 11.5 Å². The quantitative estimate of drug-likeness (QED) is 0.421. The minimum absolute atomic E-state index is 0.0771. The Bertz CT molecular complexity index is 1170. The SMILES string of the molecule is CCn1c(SCc2ccc(C(F)(F)F)cc2)nnc1C(C)NS(=O)(=O)c1ccc(Cl)cc1. The zero-order valence-electron chi connectivity index (χ0n) is 17.1. The molecule has 0 amide bonds. The van der Waals surface area contributed by atoms with Crippen molar-refractivity contribution in [3.05, 3.63) is 70.5 Å². The fraction of sp³-hybridized carbons (Fsp3) is 0.300. The van der Waals surface area contributed by atoms with Gasteiger partial charge in [-0.05, 0) is 55.8 Å². The molecule has 0 fully saturated rings. The molecule has 0 aliphatic heterocycles. The Morgan fingerprint density at radius 1 is 1.09 bits per heavy atom. The lowest BCUT2D eigenvalue weighted by Gasteiger charge is -2.15. The number of sulfonamides is 1. The topological polar surface area (TPSA) is 76.9 Å². The van der Waals surface area contributed by atoms with E-state index in [1.165, 1.54) is 48.2 Å². The number of nitrogens with zero attached hydrogens (tertiary/aromatic N) is 3. The van der Waals surface area contributed by atoms with Crippen molar-refractivity contribution in [3.8, 4) is 0 Å². The minimum atomic E-state index is -4.38. The van der Waals surface area contributed by atoms with Crippen LogP contribution in [0.15, 0.2) is 58.6 Å². The van der Waals surface area contributed by atoms with Gasteiger partial charge >= 0.3 is 6.18 Å². The van der Waals surface area contributed by atoms with Gasteiger partial charge in [-0.2, -0.15) is 13.2 Å². The van der Waals surface area contributed by atoms with Gasteiger partial charge in [-0.25, -0.2) is 13.1 Å². The highest BCUT2D eigenvalue weighted by molar-refractivity contribution is 7.98. The van der Waals surface area contributed by atoms with Crippen molar-refractivity contribution < 1.29 is 21.6 Å². The predicted octanol–water partition coefficient (Wildman–Crippen LogP) is 5.30. The van der Waals surface area contributed by atoms with Gasteiger partial charge in [0.05, 0.1) is 16.5 Å². The second-order valence-electron chi connectivity index (χ2n) is 6.87. The van der Waals surface area contributed by atoms with Gasteiger partial charge < -0.3 is 4.57 Å². The zero-order chi connectivity index (χ0) is 23.5. The smallest absolute Gasteiger partial charge is 0.305 e. The van der Waals surface area contributed by atoms with E-state index in [9.17, 15) is 21.6 Å². The van der Waals surface area contributed by atoms with Crippen LogP contribution in [0.5, 0.6) is 0 Å². The predicted molar refractivity (Wildman–Crippen MR) is 117 cm³/mol. The number of aromatic nitrogens is 3. The average molecular weight is 505 g/mol. The molecule has 3 rings (SSSR count). The third kappa shape index (κ3) is 5.83. The fourth-order valence-electron chi connectivity index (χ4n) is 2.93. The monoisotopic (exact) mass is 504 g/mol. The maximum atomic E-state index is 12.7. The number of nitrogens with one attached hydrogen (secondary N) is 1.